The predicted molar refractivity (Wildman–Crippen MR) is 200 cm³/mol. The Morgan fingerprint density at radius 2 is 1.02 bits per heavy atom. The van der Waals surface area contributed by atoms with Crippen LogP contribution in [0.2, 0.25) is 0 Å². The van der Waals surface area contributed by atoms with Gasteiger partial charge in [0.05, 0.1) is 0 Å². The van der Waals surface area contributed by atoms with Gasteiger partial charge in [0.2, 0.25) is 0 Å². The molecule has 4 nitrogen and oxygen atoms in total. The van der Waals surface area contributed by atoms with Gasteiger partial charge in [-0.3, -0.25) is 0 Å². The maximum Gasteiger partial charge on any atom is 0.293 e. The van der Waals surface area contributed by atoms with Crippen LogP contribution in [-0.4, -0.2) is 26.2 Å². The minimum absolute atomic E-state index is 0.452. The fraction of sp³-hybridized carbons (Fsp3) is 0.333. The van der Waals surface area contributed by atoms with Gasteiger partial charge < -0.3 is 20.4 Å². The van der Waals surface area contributed by atoms with E-state index in [-0.39, 0.29) is 0 Å². The van der Waals surface area contributed by atoms with Gasteiger partial charge in [-0.1, -0.05) is 85.5 Å². The zero-order valence-corrected chi connectivity index (χ0v) is 29.5. The molecule has 5 aromatic carbocycles. The van der Waals surface area contributed by atoms with Gasteiger partial charge in [0.1, 0.15) is 23.0 Å². The van der Waals surface area contributed by atoms with Crippen molar-refractivity contribution in [2.24, 2.45) is 0 Å². The summed E-state index contributed by atoms with van der Waals surface area (Å²) in [6, 6.07) is 24.7. The molecular weight excluding hydrogens is 604 g/mol. The van der Waals surface area contributed by atoms with Crippen LogP contribution in [0.5, 0.6) is 23.0 Å². The smallest absolute Gasteiger partial charge is 0.293 e. The number of phenolic OH excluding ortho intramolecular Hbond substituents is 4. The van der Waals surface area contributed by atoms with E-state index in [0.29, 0.717) is 54.6 Å². The second kappa shape index (κ2) is 14.4. The van der Waals surface area contributed by atoms with Crippen molar-refractivity contribution in [3.8, 4) is 23.0 Å². The average molecular weight is 659 g/mol. The molecule has 0 atom stereocenters. The number of benzene rings is 5. The molecule has 0 aromatic heterocycles. The van der Waals surface area contributed by atoms with Crippen molar-refractivity contribution in [3.05, 3.63) is 151 Å². The highest BCUT2D eigenvalue weighted by molar-refractivity contribution is 5.57. The van der Waals surface area contributed by atoms with Crippen LogP contribution in [0.15, 0.2) is 72.8 Å². The number of hydrogen-bond acceptors (Lipinski definition) is 4. The van der Waals surface area contributed by atoms with Crippen LogP contribution in [-0.2, 0) is 25.7 Å². The lowest BCUT2D eigenvalue weighted by Crippen LogP contribution is -2.08. The summed E-state index contributed by atoms with van der Waals surface area (Å²) in [6.07, 6.45) is 8.36. The van der Waals surface area contributed by atoms with Gasteiger partial charge >= 0.3 is 0 Å². The minimum atomic E-state index is 0.452. The summed E-state index contributed by atoms with van der Waals surface area (Å²) in [5, 5.41) is 20.7. The number of aromatic hydroxyl groups is 4. The molecule has 4 N–H and O–H groups in total. The molecule has 0 saturated heterocycles. The molecule has 1 saturated carbocycles. The molecule has 1 aliphatic rings. The zero-order valence-electron chi connectivity index (χ0n) is 33.5. The third kappa shape index (κ3) is 7.49. The summed E-state index contributed by atoms with van der Waals surface area (Å²) < 4.78 is 31.5. The monoisotopic (exact) mass is 658 g/mol. The molecule has 1 fully saturated rings. The van der Waals surface area contributed by atoms with Crippen molar-refractivity contribution < 1.29 is 20.4 Å². The highest BCUT2D eigenvalue weighted by atomic mass is 16.3. The van der Waals surface area contributed by atoms with Gasteiger partial charge in [-0.25, -0.2) is 0 Å². The second-order valence-electron chi connectivity index (χ2n) is 14.4. The Kier molecular flexibility index (Phi) is 8.60. The Morgan fingerprint density at radius 1 is 0.531 bits per heavy atom. The highest BCUT2D eigenvalue weighted by Gasteiger charge is 2.22. The Morgan fingerprint density at radius 3 is 1.49 bits per heavy atom. The fourth-order valence-corrected chi connectivity index (χ4v) is 7.71. The van der Waals surface area contributed by atoms with E-state index in [0.717, 1.165) is 79.6 Å². The third-order valence-electron chi connectivity index (χ3n) is 10.8. The van der Waals surface area contributed by atoms with Gasteiger partial charge in [-0.15, -0.1) is 0 Å². The van der Waals surface area contributed by atoms with E-state index in [1.807, 2.05) is 26.0 Å². The van der Waals surface area contributed by atoms with Crippen LogP contribution in [0.1, 0.15) is 116 Å². The molecule has 0 radical (unpaired) electrons. The molecule has 4 heteroatoms. The molecule has 5 aromatic rings. The summed E-state index contributed by atoms with van der Waals surface area (Å²) in [4.78, 5) is 0. The topological polar surface area (TPSA) is 80.9 Å². The van der Waals surface area contributed by atoms with Crippen molar-refractivity contribution in [1.82, 2.24) is 0 Å². The molecule has 0 bridgehead atoms. The number of phenols is 4. The standard InChI is InChI=1S/C45H50O4/c1-27-11-13-32(14-12-27)21-41-30(4)35(19-28(2)43(41)47)23-38-25-37(34-9-7-6-8-10-34)26-39(45(38)49)24-36-20-29(3)44(48)42(31(36)5)22-33-15-17-40(46)18-16-33/h11-20,25-26,34,46-49H,6-10,21-24H2,1-5H3/i/hD4. The molecule has 0 amide bonds. The van der Waals surface area contributed by atoms with E-state index in [2.05, 4.69) is 74.4 Å². The summed E-state index contributed by atoms with van der Waals surface area (Å²) >= 11 is 0. The lowest BCUT2D eigenvalue weighted by atomic mass is 9.81. The lowest BCUT2D eigenvalue weighted by Gasteiger charge is -2.25. The SMILES string of the molecule is [2H]Oc1ccc(Cc2c(C)c(Cc3cc(C4CCCCC4)cc(Cc4cc(C)c(O[2H])c(Cc5ccc(C)cc5)c4C)c3O[2H])cc(C)c2O[2H])cc1. The quantitative estimate of drug-likeness (QED) is 0.101. The first kappa shape index (κ1) is 29.2. The molecular formula is C45H50O4. The maximum atomic E-state index is 8.41. The lowest BCUT2D eigenvalue weighted by molar-refractivity contribution is 0.439. The van der Waals surface area contributed by atoms with Gasteiger partial charge in [0, 0.05) is 36.8 Å². The van der Waals surface area contributed by atoms with Crippen LogP contribution < -0.4 is 0 Å². The van der Waals surface area contributed by atoms with Crippen molar-refractivity contribution in [2.75, 3.05) is 0 Å². The summed E-state index contributed by atoms with van der Waals surface area (Å²) in [7, 11) is 0. The zero-order chi connectivity index (χ0) is 37.6. The van der Waals surface area contributed by atoms with Crippen molar-refractivity contribution in [2.45, 2.75) is 98.3 Å². The van der Waals surface area contributed by atoms with Gasteiger partial charge in [0.15, 0.2) is 0 Å². The maximum absolute atomic E-state index is 8.41. The van der Waals surface area contributed by atoms with E-state index in [1.165, 1.54) is 30.4 Å². The molecule has 0 unspecified atom stereocenters. The Labute approximate surface area is 297 Å². The van der Waals surface area contributed by atoms with E-state index >= 15 is 0 Å². The number of rotatable bonds is 13. The minimum Gasteiger partial charge on any atom is -0.508 e. The van der Waals surface area contributed by atoms with Crippen molar-refractivity contribution in [3.63, 3.8) is 0 Å². The molecule has 0 aliphatic heterocycles. The first-order chi connectivity index (χ1) is 25.6. The largest absolute Gasteiger partial charge is 0.508 e. The van der Waals surface area contributed by atoms with E-state index < -0.39 is 0 Å². The van der Waals surface area contributed by atoms with Crippen LogP contribution in [0, 0.1) is 34.6 Å². The Bertz CT molecular complexity index is 2050. The first-order valence-electron chi connectivity index (χ1n) is 19.3. The number of aryl methyl sites for hydroxylation is 3. The van der Waals surface area contributed by atoms with E-state index in [4.69, 9.17) is 21.1 Å². The van der Waals surface area contributed by atoms with Crippen LogP contribution in [0.25, 0.3) is 0 Å². The van der Waals surface area contributed by atoms with Crippen LogP contribution >= 0.6 is 0 Å². The van der Waals surface area contributed by atoms with E-state index in [1.54, 1.807) is 12.1 Å². The molecule has 1 aliphatic carbocycles. The molecule has 6 rings (SSSR count). The first-order valence-corrected chi connectivity index (χ1v) is 17.7. The Balaban J connectivity index is 1.43. The second-order valence-corrected chi connectivity index (χ2v) is 14.4. The van der Waals surface area contributed by atoms with Gasteiger partial charge in [-0.05, 0) is 127 Å². The number of hydrogen-bond donors (Lipinski definition) is 4. The van der Waals surface area contributed by atoms with Crippen molar-refractivity contribution in [1.29, 1.82) is 5.72 Å². The van der Waals surface area contributed by atoms with Crippen LogP contribution in [0.4, 0.5) is 0 Å². The highest BCUT2D eigenvalue weighted by Crippen LogP contribution is 2.40. The van der Waals surface area contributed by atoms with Gasteiger partial charge in [0.25, 0.3) is 5.72 Å². The predicted octanol–water partition coefficient (Wildman–Crippen LogP) is 10.5. The molecule has 49 heavy (non-hydrogen) atoms. The summed E-state index contributed by atoms with van der Waals surface area (Å²) in [5.41, 5.74) is 14.7. The average Bonchev–Trinajstić information content (AvgIpc) is 3.17. The Hall–Kier alpha value is -4.70. The van der Waals surface area contributed by atoms with Crippen LogP contribution in [0.3, 0.4) is 0 Å². The summed E-state index contributed by atoms with van der Waals surface area (Å²) in [5.74, 6) is 2.65. The van der Waals surface area contributed by atoms with E-state index in [9.17, 15) is 0 Å². The normalized spacial score (nSPS) is 14.4. The molecule has 0 spiro atoms. The molecule has 0 heterocycles. The van der Waals surface area contributed by atoms with Gasteiger partial charge in [-0.2, -0.15) is 0 Å². The third-order valence-corrected chi connectivity index (χ3v) is 10.8. The summed E-state index contributed by atoms with van der Waals surface area (Å²) in [6.45, 7) is 10.3. The molecule has 254 valence electrons. The van der Waals surface area contributed by atoms with Crippen molar-refractivity contribution >= 4 is 0 Å². The fourth-order valence-electron chi connectivity index (χ4n) is 7.71.